The molecule has 0 aliphatic heterocycles. The smallest absolute Gasteiger partial charge is 0.256 e. The maximum atomic E-state index is 14.0. The SMILES string of the molecule is CCC/C=C/c1cc2c(cc(/C=C/CCC)c3c4cccc(C(F)(F)F)c4ccc23)c2ccc3ncccc3c12. The summed E-state index contributed by atoms with van der Waals surface area (Å²) in [6.07, 6.45) is 9.88. The number of halogens is 3. The van der Waals surface area contributed by atoms with E-state index in [4.69, 9.17) is 0 Å². The number of nitrogens with zero attached hydrogens (tertiary/aromatic N) is 1. The van der Waals surface area contributed by atoms with Crippen LogP contribution in [0.1, 0.15) is 56.2 Å². The minimum absolute atomic E-state index is 0.230. The number of hydrogen-bond donors (Lipinski definition) is 0. The van der Waals surface area contributed by atoms with Gasteiger partial charge >= 0.3 is 6.18 Å². The third kappa shape index (κ3) is 4.42. The van der Waals surface area contributed by atoms with E-state index in [9.17, 15) is 13.2 Å². The van der Waals surface area contributed by atoms with E-state index in [1.807, 2.05) is 24.4 Å². The van der Waals surface area contributed by atoms with Gasteiger partial charge in [0.15, 0.2) is 0 Å². The molecule has 6 rings (SSSR count). The molecule has 0 unspecified atom stereocenters. The number of hydrogen-bond acceptors (Lipinski definition) is 1. The van der Waals surface area contributed by atoms with Crippen molar-refractivity contribution in [1.82, 2.24) is 4.98 Å². The van der Waals surface area contributed by atoms with Crippen LogP contribution < -0.4 is 0 Å². The minimum atomic E-state index is -4.43. The highest BCUT2D eigenvalue weighted by Crippen LogP contribution is 2.43. The molecule has 0 amide bonds. The van der Waals surface area contributed by atoms with Crippen LogP contribution in [0.2, 0.25) is 0 Å². The number of unbranched alkanes of at least 4 members (excludes halogenated alkanes) is 2. The van der Waals surface area contributed by atoms with Crippen LogP contribution in [0.25, 0.3) is 66.1 Å². The van der Waals surface area contributed by atoms with E-state index in [1.165, 1.54) is 12.1 Å². The number of fused-ring (bicyclic) bond motifs is 9. The molecule has 1 aromatic heterocycles. The van der Waals surface area contributed by atoms with E-state index in [2.05, 4.69) is 73.5 Å². The quantitative estimate of drug-likeness (QED) is 0.194. The fraction of sp³-hybridized carbons (Fsp3) is 0.194. The highest BCUT2D eigenvalue weighted by Gasteiger charge is 2.32. The van der Waals surface area contributed by atoms with Gasteiger partial charge in [-0.2, -0.15) is 13.2 Å². The lowest BCUT2D eigenvalue weighted by molar-refractivity contribution is -0.136. The first kappa shape index (κ1) is 26.1. The monoisotopic (exact) mass is 533 g/mol. The predicted molar refractivity (Wildman–Crippen MR) is 165 cm³/mol. The zero-order chi connectivity index (χ0) is 27.9. The van der Waals surface area contributed by atoms with Crippen LogP contribution in [-0.4, -0.2) is 4.98 Å². The van der Waals surface area contributed by atoms with Crippen LogP contribution in [0.15, 0.2) is 85.1 Å². The second-order valence-corrected chi connectivity index (χ2v) is 10.4. The Morgan fingerprint density at radius 2 is 1.18 bits per heavy atom. The first-order chi connectivity index (χ1) is 19.4. The Balaban J connectivity index is 1.81. The summed E-state index contributed by atoms with van der Waals surface area (Å²) in [4.78, 5) is 4.60. The molecule has 5 aromatic carbocycles. The first-order valence-electron chi connectivity index (χ1n) is 13.9. The van der Waals surface area contributed by atoms with Crippen molar-refractivity contribution in [3.8, 4) is 0 Å². The number of aromatic nitrogens is 1. The van der Waals surface area contributed by atoms with E-state index in [-0.39, 0.29) is 5.39 Å². The number of pyridine rings is 1. The lowest BCUT2D eigenvalue weighted by Crippen LogP contribution is -2.05. The highest BCUT2D eigenvalue weighted by molar-refractivity contribution is 6.28. The van der Waals surface area contributed by atoms with Crippen molar-refractivity contribution in [3.63, 3.8) is 0 Å². The molecule has 6 aromatic rings. The van der Waals surface area contributed by atoms with Crippen molar-refractivity contribution >= 4 is 66.1 Å². The van der Waals surface area contributed by atoms with Crippen LogP contribution in [0.3, 0.4) is 0 Å². The van der Waals surface area contributed by atoms with Gasteiger partial charge < -0.3 is 0 Å². The number of rotatable bonds is 6. The zero-order valence-corrected chi connectivity index (χ0v) is 22.6. The summed E-state index contributed by atoms with van der Waals surface area (Å²) in [5.41, 5.74) is 2.36. The summed E-state index contributed by atoms with van der Waals surface area (Å²) in [5.74, 6) is 0. The van der Waals surface area contributed by atoms with E-state index in [0.717, 1.165) is 80.0 Å². The molecule has 1 nitrogen and oxygen atoms in total. The lowest BCUT2D eigenvalue weighted by Gasteiger charge is -2.17. The standard InChI is InChI=1S/C36H30F3N/c1-3-5-7-11-23-21-31-28-18-19-33-29(14-10-20-40-33)35(28)24(12-8-6-4-2)22-30(31)27-17-16-25-26(34(23)27)13-9-15-32(25)36(37,38)39/h7-22H,3-6H2,1-2H3/b11-7+,12-8+. The molecule has 40 heavy (non-hydrogen) atoms. The summed E-state index contributed by atoms with van der Waals surface area (Å²) < 4.78 is 42.0. The molecule has 0 saturated carbocycles. The molecular formula is C36H30F3N. The molecular weight excluding hydrogens is 503 g/mol. The van der Waals surface area contributed by atoms with Gasteiger partial charge in [0.25, 0.3) is 0 Å². The summed E-state index contributed by atoms with van der Waals surface area (Å²) in [5, 5.41) is 8.14. The second kappa shape index (κ2) is 10.4. The Hall–Kier alpha value is -4.18. The Kier molecular flexibility index (Phi) is 6.79. The first-order valence-corrected chi connectivity index (χ1v) is 13.9. The summed E-state index contributed by atoms with van der Waals surface area (Å²) in [6, 6.07) is 20.7. The summed E-state index contributed by atoms with van der Waals surface area (Å²) in [6.45, 7) is 4.28. The summed E-state index contributed by atoms with van der Waals surface area (Å²) >= 11 is 0. The molecule has 0 bridgehead atoms. The fourth-order valence-corrected chi connectivity index (χ4v) is 5.90. The second-order valence-electron chi connectivity index (χ2n) is 10.4. The molecule has 0 saturated heterocycles. The van der Waals surface area contributed by atoms with Crippen LogP contribution in [0.5, 0.6) is 0 Å². The van der Waals surface area contributed by atoms with Gasteiger partial charge in [-0.1, -0.05) is 87.4 Å². The van der Waals surface area contributed by atoms with E-state index >= 15 is 0 Å². The van der Waals surface area contributed by atoms with Crippen molar-refractivity contribution in [1.29, 1.82) is 0 Å². The molecule has 0 aliphatic carbocycles. The molecule has 0 spiro atoms. The van der Waals surface area contributed by atoms with Gasteiger partial charge in [-0.3, -0.25) is 4.98 Å². The van der Waals surface area contributed by atoms with Gasteiger partial charge in [-0.25, -0.2) is 0 Å². The predicted octanol–water partition coefficient (Wildman–Crippen LogP) is 11.5. The van der Waals surface area contributed by atoms with Gasteiger partial charge in [0.05, 0.1) is 11.1 Å². The molecule has 0 fully saturated rings. The molecule has 0 atom stereocenters. The van der Waals surface area contributed by atoms with Crippen LogP contribution in [0.4, 0.5) is 13.2 Å². The summed E-state index contributed by atoms with van der Waals surface area (Å²) in [7, 11) is 0. The average Bonchev–Trinajstić information content (AvgIpc) is 2.96. The number of allylic oxidation sites excluding steroid dienone is 2. The molecule has 0 N–H and O–H groups in total. The maximum Gasteiger partial charge on any atom is 0.417 e. The van der Waals surface area contributed by atoms with Crippen LogP contribution in [-0.2, 0) is 6.18 Å². The molecule has 4 heteroatoms. The largest absolute Gasteiger partial charge is 0.417 e. The Labute approximate surface area is 231 Å². The molecule has 200 valence electrons. The van der Waals surface area contributed by atoms with Crippen molar-refractivity contribution in [2.45, 2.75) is 45.7 Å². The van der Waals surface area contributed by atoms with Crippen LogP contribution in [0, 0.1) is 0 Å². The van der Waals surface area contributed by atoms with Gasteiger partial charge in [0.1, 0.15) is 0 Å². The van der Waals surface area contributed by atoms with Gasteiger partial charge in [0.2, 0.25) is 0 Å². The Morgan fingerprint density at radius 3 is 1.80 bits per heavy atom. The highest BCUT2D eigenvalue weighted by atomic mass is 19.4. The van der Waals surface area contributed by atoms with E-state index < -0.39 is 11.7 Å². The van der Waals surface area contributed by atoms with Crippen LogP contribution >= 0.6 is 0 Å². The van der Waals surface area contributed by atoms with Gasteiger partial charge in [0, 0.05) is 11.6 Å². The maximum absolute atomic E-state index is 14.0. The molecule has 0 aliphatic rings. The third-order valence-corrected chi connectivity index (χ3v) is 7.70. The van der Waals surface area contributed by atoms with Crippen molar-refractivity contribution < 1.29 is 13.2 Å². The zero-order valence-electron chi connectivity index (χ0n) is 22.6. The topological polar surface area (TPSA) is 12.9 Å². The number of alkyl halides is 3. The van der Waals surface area contributed by atoms with Crippen molar-refractivity contribution in [2.24, 2.45) is 0 Å². The average molecular weight is 534 g/mol. The molecule has 0 radical (unpaired) electrons. The Morgan fingerprint density at radius 1 is 0.625 bits per heavy atom. The fourth-order valence-electron chi connectivity index (χ4n) is 5.90. The van der Waals surface area contributed by atoms with Gasteiger partial charge in [-0.15, -0.1) is 0 Å². The van der Waals surface area contributed by atoms with Crippen molar-refractivity contribution in [3.05, 3.63) is 102 Å². The third-order valence-electron chi connectivity index (χ3n) is 7.70. The minimum Gasteiger partial charge on any atom is -0.256 e. The molecule has 1 heterocycles. The van der Waals surface area contributed by atoms with Gasteiger partial charge in [-0.05, 0) is 97.4 Å². The Bertz CT molecular complexity index is 1960. The number of benzene rings is 5. The lowest BCUT2D eigenvalue weighted by atomic mass is 9.87. The van der Waals surface area contributed by atoms with E-state index in [0.29, 0.717) is 5.39 Å². The normalized spacial score (nSPS) is 12.8. The van der Waals surface area contributed by atoms with E-state index in [1.54, 1.807) is 6.07 Å². The van der Waals surface area contributed by atoms with Crippen molar-refractivity contribution in [2.75, 3.05) is 0 Å².